The summed E-state index contributed by atoms with van der Waals surface area (Å²) < 4.78 is 4.26. The van der Waals surface area contributed by atoms with E-state index in [2.05, 4.69) is 55.0 Å². The molecule has 6 nitrogen and oxygen atoms in total. The number of hydrogen-bond donors (Lipinski definition) is 0. The van der Waals surface area contributed by atoms with E-state index >= 15 is 0 Å². The minimum Gasteiger partial charge on any atom is -0.328 e. The molecule has 2 aromatic rings. The molecule has 0 N–H and O–H groups in total. The van der Waals surface area contributed by atoms with Gasteiger partial charge in [-0.2, -0.15) is 0 Å². The molecule has 0 amide bonds. The first-order chi connectivity index (χ1) is 11.7. The average Bonchev–Trinajstić information content (AvgIpc) is 3.16. The number of aryl methyl sites for hydroxylation is 1. The van der Waals surface area contributed by atoms with Crippen molar-refractivity contribution < 1.29 is 0 Å². The van der Waals surface area contributed by atoms with Gasteiger partial charge in [-0.05, 0) is 32.9 Å². The van der Waals surface area contributed by atoms with E-state index < -0.39 is 0 Å². The minimum atomic E-state index is 0.496. The van der Waals surface area contributed by atoms with Crippen LogP contribution in [0, 0.1) is 18.8 Å². The van der Waals surface area contributed by atoms with Crippen LogP contribution in [0.4, 0.5) is 0 Å². The SMILES string of the molecule is CCC#CCN1CCC(c2nnc(Cn3ccnc3C)n2C)CC1. The number of rotatable bonds is 4. The van der Waals surface area contributed by atoms with E-state index in [1.807, 2.05) is 19.3 Å². The Balaban J connectivity index is 1.61. The Hall–Kier alpha value is -2.13. The van der Waals surface area contributed by atoms with Gasteiger partial charge in [0.25, 0.3) is 0 Å². The van der Waals surface area contributed by atoms with Gasteiger partial charge < -0.3 is 9.13 Å². The van der Waals surface area contributed by atoms with Gasteiger partial charge in [0.1, 0.15) is 11.6 Å². The molecule has 128 valence electrons. The van der Waals surface area contributed by atoms with Crippen molar-refractivity contribution in [2.24, 2.45) is 7.05 Å². The molecule has 24 heavy (non-hydrogen) atoms. The van der Waals surface area contributed by atoms with Crippen LogP contribution in [-0.4, -0.2) is 48.8 Å². The van der Waals surface area contributed by atoms with Crippen LogP contribution in [0.15, 0.2) is 12.4 Å². The molecule has 0 radical (unpaired) electrons. The first kappa shape index (κ1) is 16.7. The van der Waals surface area contributed by atoms with Crippen LogP contribution in [-0.2, 0) is 13.6 Å². The number of aromatic nitrogens is 5. The first-order valence-electron chi connectivity index (χ1n) is 8.73. The van der Waals surface area contributed by atoms with Gasteiger partial charge in [0.2, 0.25) is 0 Å². The highest BCUT2D eigenvalue weighted by Crippen LogP contribution is 2.26. The van der Waals surface area contributed by atoms with Crippen LogP contribution in [0.1, 0.15) is 49.6 Å². The zero-order valence-electron chi connectivity index (χ0n) is 14.9. The summed E-state index contributed by atoms with van der Waals surface area (Å²) >= 11 is 0. The van der Waals surface area contributed by atoms with Crippen LogP contribution in [0.2, 0.25) is 0 Å². The second kappa shape index (κ2) is 7.63. The predicted molar refractivity (Wildman–Crippen MR) is 93.6 cm³/mol. The summed E-state index contributed by atoms with van der Waals surface area (Å²) in [6.45, 7) is 7.90. The van der Waals surface area contributed by atoms with E-state index in [9.17, 15) is 0 Å². The molecule has 0 atom stereocenters. The second-order valence-corrected chi connectivity index (χ2v) is 6.39. The molecule has 0 aromatic carbocycles. The molecule has 0 unspecified atom stereocenters. The van der Waals surface area contributed by atoms with Crippen molar-refractivity contribution in [3.63, 3.8) is 0 Å². The minimum absolute atomic E-state index is 0.496. The molecule has 0 bridgehead atoms. The van der Waals surface area contributed by atoms with Crippen molar-refractivity contribution in [2.75, 3.05) is 19.6 Å². The van der Waals surface area contributed by atoms with Gasteiger partial charge >= 0.3 is 0 Å². The molecule has 0 saturated carbocycles. The summed E-state index contributed by atoms with van der Waals surface area (Å²) in [5.41, 5.74) is 0. The Morgan fingerprint density at radius 3 is 2.67 bits per heavy atom. The van der Waals surface area contributed by atoms with Crippen LogP contribution >= 0.6 is 0 Å². The molecule has 1 saturated heterocycles. The van der Waals surface area contributed by atoms with Crippen molar-refractivity contribution in [2.45, 2.75) is 45.6 Å². The van der Waals surface area contributed by atoms with Crippen LogP contribution in [0.5, 0.6) is 0 Å². The standard InChI is InChI=1S/C18H26N6/c1-4-5-6-10-23-11-7-16(8-12-23)18-21-20-17(22(18)3)14-24-13-9-19-15(24)2/h9,13,16H,4,7-8,10-12,14H2,1-3H3. The van der Waals surface area contributed by atoms with E-state index in [4.69, 9.17) is 0 Å². The maximum Gasteiger partial charge on any atom is 0.152 e. The molecule has 0 spiro atoms. The summed E-state index contributed by atoms with van der Waals surface area (Å²) in [6, 6.07) is 0. The highest BCUT2D eigenvalue weighted by molar-refractivity contribution is 5.06. The third-order valence-corrected chi connectivity index (χ3v) is 4.79. The number of nitrogens with zero attached hydrogens (tertiary/aromatic N) is 6. The molecule has 0 aliphatic carbocycles. The normalized spacial score (nSPS) is 16.1. The van der Waals surface area contributed by atoms with Crippen molar-refractivity contribution in [1.82, 2.24) is 29.2 Å². The molecular formula is C18H26N6. The second-order valence-electron chi connectivity index (χ2n) is 6.39. The Morgan fingerprint density at radius 1 is 1.21 bits per heavy atom. The van der Waals surface area contributed by atoms with Crippen LogP contribution in [0.25, 0.3) is 0 Å². The van der Waals surface area contributed by atoms with Crippen molar-refractivity contribution in [1.29, 1.82) is 0 Å². The maximum atomic E-state index is 4.48. The Morgan fingerprint density at radius 2 is 2.00 bits per heavy atom. The fourth-order valence-corrected chi connectivity index (χ4v) is 3.23. The Kier molecular flexibility index (Phi) is 5.31. The third kappa shape index (κ3) is 3.68. The van der Waals surface area contributed by atoms with Gasteiger partial charge in [0.15, 0.2) is 5.82 Å². The predicted octanol–water partition coefficient (Wildman–Crippen LogP) is 1.96. The maximum absolute atomic E-state index is 4.48. The van der Waals surface area contributed by atoms with Crippen molar-refractivity contribution in [3.05, 3.63) is 29.9 Å². The first-order valence-corrected chi connectivity index (χ1v) is 8.73. The molecule has 1 aliphatic heterocycles. The quantitative estimate of drug-likeness (QED) is 0.806. The summed E-state index contributed by atoms with van der Waals surface area (Å²) in [5, 5.41) is 8.90. The number of piperidine rings is 1. The third-order valence-electron chi connectivity index (χ3n) is 4.79. The average molecular weight is 326 g/mol. The van der Waals surface area contributed by atoms with E-state index in [0.717, 1.165) is 62.9 Å². The Labute approximate surface area is 143 Å². The molecule has 1 aliphatic rings. The fourth-order valence-electron chi connectivity index (χ4n) is 3.23. The summed E-state index contributed by atoms with van der Waals surface area (Å²) in [4.78, 5) is 6.70. The fraction of sp³-hybridized carbons (Fsp3) is 0.611. The molecule has 2 aromatic heterocycles. The lowest BCUT2D eigenvalue weighted by Crippen LogP contribution is -2.34. The van der Waals surface area contributed by atoms with Gasteiger partial charge in [-0.25, -0.2) is 4.98 Å². The smallest absolute Gasteiger partial charge is 0.152 e. The topological polar surface area (TPSA) is 51.8 Å². The van der Waals surface area contributed by atoms with Crippen LogP contribution in [0.3, 0.4) is 0 Å². The zero-order chi connectivity index (χ0) is 16.9. The van der Waals surface area contributed by atoms with E-state index in [0.29, 0.717) is 5.92 Å². The lowest BCUT2D eigenvalue weighted by atomic mass is 9.96. The number of imidazole rings is 1. The van der Waals surface area contributed by atoms with E-state index in [-0.39, 0.29) is 0 Å². The Bertz CT molecular complexity index is 724. The van der Waals surface area contributed by atoms with Gasteiger partial charge in [0.05, 0.1) is 13.1 Å². The summed E-state index contributed by atoms with van der Waals surface area (Å²) in [6.07, 6.45) is 7.01. The lowest BCUT2D eigenvalue weighted by Gasteiger charge is -2.30. The van der Waals surface area contributed by atoms with Gasteiger partial charge in [-0.15, -0.1) is 16.1 Å². The van der Waals surface area contributed by atoms with Crippen molar-refractivity contribution in [3.8, 4) is 11.8 Å². The van der Waals surface area contributed by atoms with E-state index in [1.54, 1.807) is 0 Å². The molecule has 6 heteroatoms. The van der Waals surface area contributed by atoms with Gasteiger partial charge in [0, 0.05) is 31.8 Å². The largest absolute Gasteiger partial charge is 0.328 e. The summed E-state index contributed by atoms with van der Waals surface area (Å²) in [7, 11) is 2.08. The summed E-state index contributed by atoms with van der Waals surface area (Å²) in [5.74, 6) is 9.99. The zero-order valence-corrected chi connectivity index (χ0v) is 14.9. The van der Waals surface area contributed by atoms with Crippen molar-refractivity contribution >= 4 is 0 Å². The highest BCUT2D eigenvalue weighted by Gasteiger charge is 2.24. The van der Waals surface area contributed by atoms with E-state index in [1.165, 1.54) is 0 Å². The molecular weight excluding hydrogens is 300 g/mol. The van der Waals surface area contributed by atoms with Gasteiger partial charge in [-0.1, -0.05) is 12.8 Å². The molecule has 3 heterocycles. The number of likely N-dealkylation sites (tertiary alicyclic amines) is 1. The van der Waals surface area contributed by atoms with Crippen LogP contribution < -0.4 is 0 Å². The molecule has 1 fully saturated rings. The molecule has 3 rings (SSSR count). The number of hydrogen-bond acceptors (Lipinski definition) is 4. The van der Waals surface area contributed by atoms with Gasteiger partial charge in [-0.3, -0.25) is 4.90 Å². The highest BCUT2D eigenvalue weighted by atomic mass is 15.3. The monoisotopic (exact) mass is 326 g/mol. The lowest BCUT2D eigenvalue weighted by molar-refractivity contribution is 0.230.